The maximum absolute atomic E-state index is 8.96. The van der Waals surface area contributed by atoms with Crippen LogP contribution < -0.4 is 0 Å². The number of benzene rings is 4. The van der Waals surface area contributed by atoms with Crippen molar-refractivity contribution in [3.8, 4) is 0 Å². The molecule has 0 atom stereocenters. The summed E-state index contributed by atoms with van der Waals surface area (Å²) in [5.74, 6) is 0.833. The third kappa shape index (κ3) is 20.2. The summed E-state index contributed by atoms with van der Waals surface area (Å²) in [4.78, 5) is 0. The maximum Gasteiger partial charge on any atom is 0.0682 e. The summed E-state index contributed by atoms with van der Waals surface area (Å²) in [6, 6.07) is 23.2. The smallest absolute Gasteiger partial charge is 0.0682 e. The van der Waals surface area contributed by atoms with Gasteiger partial charge >= 0.3 is 0 Å². The highest BCUT2D eigenvalue weighted by molar-refractivity contribution is 5.84. The van der Waals surface area contributed by atoms with Gasteiger partial charge in [-0.15, -0.1) is 0 Å². The summed E-state index contributed by atoms with van der Waals surface area (Å²) < 4.78 is 0. The van der Waals surface area contributed by atoms with Crippen molar-refractivity contribution in [2.24, 2.45) is 5.92 Å². The van der Waals surface area contributed by atoms with Crippen LogP contribution in [0.1, 0.15) is 115 Å². The number of aliphatic hydroxyl groups excluding tert-OH is 4. The molecule has 4 heteroatoms. The van der Waals surface area contributed by atoms with E-state index in [2.05, 4.69) is 20.8 Å². The Balaban J connectivity index is -0.0000000840. The molecule has 0 saturated heterocycles. The van der Waals surface area contributed by atoms with Crippen LogP contribution in [0.4, 0.5) is 0 Å². The largest absolute Gasteiger partial charge is 0.392 e. The lowest BCUT2D eigenvalue weighted by molar-refractivity contribution is 0.281. The normalized spacial score (nSPS) is 8.29. The van der Waals surface area contributed by atoms with Crippen molar-refractivity contribution >= 4 is 21.5 Å². The van der Waals surface area contributed by atoms with Crippen LogP contribution in [0.3, 0.4) is 0 Å². The first-order valence-electron chi connectivity index (χ1n) is 12.9. The van der Waals surface area contributed by atoms with Gasteiger partial charge in [0.25, 0.3) is 0 Å². The molecule has 4 N–H and O–H groups in total. The van der Waals surface area contributed by atoms with Crippen LogP contribution in [0.25, 0.3) is 21.5 Å². The maximum atomic E-state index is 8.96. The standard InChI is InChI=1S/2C12H12O2.C4H10.2C2H6.6CH4/c2*13-7-9-1-3-11-6-10(8-14)2-4-12(11)5-9;1-4(2)3;2*1-2;;;;;;/h2*1-6,13-14H,7-8H2;4H,1-3H3;2*1-2H3;6*1H4. The number of hydrogen-bond acceptors (Lipinski definition) is 4. The Hall–Kier alpha value is -2.76. The second-order valence-corrected chi connectivity index (χ2v) is 8.40. The number of hydrogen-bond donors (Lipinski definition) is 4. The SMILES string of the molecule is C.C.C.C.C.C.CC.CC.CC(C)C.OCc1ccc2cc(CO)ccc2c1.OCc1ccc2cc(CO)ccc2c1. The minimum atomic E-state index is 0. The summed E-state index contributed by atoms with van der Waals surface area (Å²) in [5.41, 5.74) is 3.65. The van der Waals surface area contributed by atoms with E-state index in [1.807, 2.05) is 100 Å². The van der Waals surface area contributed by atoms with Gasteiger partial charge in [0, 0.05) is 0 Å². The minimum Gasteiger partial charge on any atom is -0.392 e. The van der Waals surface area contributed by atoms with Crippen LogP contribution in [0.2, 0.25) is 0 Å². The molecule has 42 heavy (non-hydrogen) atoms. The van der Waals surface area contributed by atoms with Gasteiger partial charge in [-0.05, 0) is 74.0 Å². The van der Waals surface area contributed by atoms with Gasteiger partial charge in [0.1, 0.15) is 0 Å². The van der Waals surface area contributed by atoms with E-state index >= 15 is 0 Å². The molecule has 0 aromatic heterocycles. The van der Waals surface area contributed by atoms with Gasteiger partial charge in [-0.2, -0.15) is 0 Å². The molecule has 0 radical (unpaired) electrons. The molecular formula is C38H70O4. The quantitative estimate of drug-likeness (QED) is 0.190. The topological polar surface area (TPSA) is 80.9 Å². The van der Waals surface area contributed by atoms with Gasteiger partial charge in [0.05, 0.1) is 26.4 Å². The predicted octanol–water partition coefficient (Wildman–Crippen LogP) is 11.2. The van der Waals surface area contributed by atoms with Gasteiger partial charge in [-0.3, -0.25) is 0 Å². The zero-order valence-corrected chi connectivity index (χ0v) is 23.1. The van der Waals surface area contributed by atoms with Crippen LogP contribution >= 0.6 is 0 Å². The van der Waals surface area contributed by atoms with Gasteiger partial charge in [-0.25, -0.2) is 0 Å². The van der Waals surface area contributed by atoms with Crippen molar-refractivity contribution in [2.45, 2.75) is 119 Å². The molecule has 4 aromatic rings. The second-order valence-electron chi connectivity index (χ2n) is 8.40. The molecular weight excluding hydrogens is 520 g/mol. The molecule has 0 aliphatic heterocycles. The first kappa shape index (κ1) is 55.2. The Kier molecular flexibility index (Phi) is 43.0. The van der Waals surface area contributed by atoms with E-state index in [9.17, 15) is 0 Å². The van der Waals surface area contributed by atoms with Crippen LogP contribution in [-0.2, 0) is 26.4 Å². The van der Waals surface area contributed by atoms with E-state index in [1.54, 1.807) is 0 Å². The third-order valence-electron chi connectivity index (χ3n) is 4.67. The zero-order chi connectivity index (χ0) is 27.5. The molecule has 0 spiro atoms. The summed E-state index contributed by atoms with van der Waals surface area (Å²) in [6.45, 7) is 14.8. The monoisotopic (exact) mass is 591 g/mol. The first-order chi connectivity index (χ1) is 17.4. The Labute approximate surface area is 262 Å². The Morgan fingerprint density at radius 3 is 0.643 bits per heavy atom. The molecule has 0 fully saturated rings. The summed E-state index contributed by atoms with van der Waals surface area (Å²) in [6.07, 6.45) is 0. The number of rotatable bonds is 4. The molecule has 4 aromatic carbocycles. The Bertz CT molecular complexity index is 944. The van der Waals surface area contributed by atoms with Crippen LogP contribution in [0.5, 0.6) is 0 Å². The highest BCUT2D eigenvalue weighted by Crippen LogP contribution is 2.19. The van der Waals surface area contributed by atoms with Crippen molar-refractivity contribution in [2.75, 3.05) is 0 Å². The minimum absolute atomic E-state index is 0. The highest BCUT2D eigenvalue weighted by atomic mass is 16.3. The van der Waals surface area contributed by atoms with E-state index < -0.39 is 0 Å². The fourth-order valence-corrected chi connectivity index (χ4v) is 3.08. The van der Waals surface area contributed by atoms with E-state index in [0.717, 1.165) is 49.7 Å². The van der Waals surface area contributed by atoms with Crippen LogP contribution in [0, 0.1) is 5.92 Å². The summed E-state index contributed by atoms with van der Waals surface area (Å²) in [7, 11) is 0. The van der Waals surface area contributed by atoms with Gasteiger partial charge in [0.15, 0.2) is 0 Å². The summed E-state index contributed by atoms with van der Waals surface area (Å²) >= 11 is 0. The molecule has 0 aliphatic carbocycles. The fraction of sp³-hybridized carbons (Fsp3) is 0.474. The van der Waals surface area contributed by atoms with Crippen molar-refractivity contribution in [1.82, 2.24) is 0 Å². The average Bonchev–Trinajstić information content (AvgIpc) is 2.94. The van der Waals surface area contributed by atoms with Crippen LogP contribution in [-0.4, -0.2) is 20.4 Å². The molecule has 0 heterocycles. The first-order valence-corrected chi connectivity index (χ1v) is 12.9. The van der Waals surface area contributed by atoms with E-state index in [4.69, 9.17) is 20.4 Å². The molecule has 0 aliphatic rings. The Morgan fingerprint density at radius 1 is 0.381 bits per heavy atom. The molecule has 246 valence electrons. The van der Waals surface area contributed by atoms with Gasteiger partial charge in [-0.1, -0.05) is 142 Å². The van der Waals surface area contributed by atoms with Gasteiger partial charge in [0.2, 0.25) is 0 Å². The predicted molar refractivity (Wildman–Crippen MR) is 195 cm³/mol. The Morgan fingerprint density at radius 2 is 0.524 bits per heavy atom. The number of fused-ring (bicyclic) bond motifs is 2. The lowest BCUT2D eigenvalue weighted by Crippen LogP contribution is -1.85. The molecule has 4 nitrogen and oxygen atoms in total. The fourth-order valence-electron chi connectivity index (χ4n) is 3.08. The number of aliphatic hydroxyl groups is 4. The molecule has 4 rings (SSSR count). The molecule has 0 unspecified atom stereocenters. The van der Waals surface area contributed by atoms with Crippen molar-refractivity contribution in [3.63, 3.8) is 0 Å². The van der Waals surface area contributed by atoms with Crippen LogP contribution in [0.15, 0.2) is 72.8 Å². The van der Waals surface area contributed by atoms with E-state index in [-0.39, 0.29) is 71.0 Å². The lowest BCUT2D eigenvalue weighted by atomic mass is 10.0. The lowest BCUT2D eigenvalue weighted by Gasteiger charge is -2.02. The van der Waals surface area contributed by atoms with Crippen molar-refractivity contribution in [3.05, 3.63) is 95.1 Å². The zero-order valence-electron chi connectivity index (χ0n) is 23.1. The van der Waals surface area contributed by atoms with Crippen molar-refractivity contribution < 1.29 is 20.4 Å². The highest BCUT2D eigenvalue weighted by Gasteiger charge is 1.98. The molecule has 0 amide bonds. The molecule has 0 bridgehead atoms. The van der Waals surface area contributed by atoms with Crippen molar-refractivity contribution in [1.29, 1.82) is 0 Å². The third-order valence-corrected chi connectivity index (χ3v) is 4.67. The summed E-state index contributed by atoms with van der Waals surface area (Å²) in [5, 5.41) is 40.2. The van der Waals surface area contributed by atoms with Gasteiger partial charge < -0.3 is 20.4 Å². The molecule has 0 saturated carbocycles. The average molecular weight is 591 g/mol. The van der Waals surface area contributed by atoms with E-state index in [0.29, 0.717) is 0 Å². The van der Waals surface area contributed by atoms with E-state index in [1.165, 1.54) is 0 Å². The second kappa shape index (κ2) is 32.8.